The van der Waals surface area contributed by atoms with Gasteiger partial charge in [0.05, 0.1) is 6.10 Å². The second kappa shape index (κ2) is 5.90. The first-order chi connectivity index (χ1) is 10.1. The largest absolute Gasteiger partial charge is 0.388 e. The Bertz CT molecular complexity index is 635. The summed E-state index contributed by atoms with van der Waals surface area (Å²) in [5.41, 5.74) is 6.27. The highest BCUT2D eigenvalue weighted by molar-refractivity contribution is 5.55. The van der Waals surface area contributed by atoms with Crippen LogP contribution in [0.4, 0.5) is 5.69 Å². The average molecular weight is 281 g/mol. The van der Waals surface area contributed by atoms with Crippen molar-refractivity contribution in [1.29, 1.82) is 0 Å². The lowest BCUT2D eigenvalue weighted by molar-refractivity contribution is 0.168. The Morgan fingerprint density at radius 1 is 1.10 bits per heavy atom. The van der Waals surface area contributed by atoms with Crippen LogP contribution in [-0.2, 0) is 6.54 Å². The molecule has 0 spiro atoms. The third-order valence-electron chi connectivity index (χ3n) is 4.49. The number of fused-ring (bicyclic) bond motifs is 1. The molecule has 0 saturated heterocycles. The molecule has 0 radical (unpaired) electrons. The first-order valence-corrected chi connectivity index (χ1v) is 7.73. The van der Waals surface area contributed by atoms with Crippen molar-refractivity contribution in [3.8, 4) is 0 Å². The van der Waals surface area contributed by atoms with Gasteiger partial charge in [0, 0.05) is 24.3 Å². The maximum Gasteiger partial charge on any atom is 0.0810 e. The van der Waals surface area contributed by atoms with Gasteiger partial charge in [-0.15, -0.1) is 0 Å². The summed E-state index contributed by atoms with van der Waals surface area (Å²) in [7, 11) is 0. The molecule has 0 aliphatic carbocycles. The summed E-state index contributed by atoms with van der Waals surface area (Å²) in [6.45, 7) is 6.22. The van der Waals surface area contributed by atoms with E-state index >= 15 is 0 Å². The number of aryl methyl sites for hydroxylation is 2. The van der Waals surface area contributed by atoms with E-state index in [0.29, 0.717) is 0 Å². The standard InChI is InChI=1S/C19H23NO/c1-14-9-10-16(12-15(14)2)13-20-11-5-8-19(21)17-6-3-4-7-18(17)20/h3-4,6-7,9-10,12,19,21H,5,8,11,13H2,1-2H3. The molecule has 0 amide bonds. The smallest absolute Gasteiger partial charge is 0.0810 e. The van der Waals surface area contributed by atoms with Crippen LogP contribution in [0.15, 0.2) is 42.5 Å². The lowest BCUT2D eigenvalue weighted by Gasteiger charge is -2.25. The third-order valence-corrected chi connectivity index (χ3v) is 4.49. The highest BCUT2D eigenvalue weighted by atomic mass is 16.3. The van der Waals surface area contributed by atoms with Gasteiger partial charge in [-0.2, -0.15) is 0 Å². The van der Waals surface area contributed by atoms with Gasteiger partial charge in [0.2, 0.25) is 0 Å². The Morgan fingerprint density at radius 2 is 1.90 bits per heavy atom. The second-order valence-electron chi connectivity index (χ2n) is 6.06. The monoisotopic (exact) mass is 281 g/mol. The maximum atomic E-state index is 10.3. The van der Waals surface area contributed by atoms with E-state index in [1.165, 1.54) is 22.4 Å². The molecule has 21 heavy (non-hydrogen) atoms. The SMILES string of the molecule is Cc1ccc(CN2CCCC(O)c3ccccc32)cc1C. The van der Waals surface area contributed by atoms with Crippen LogP contribution in [0.25, 0.3) is 0 Å². The van der Waals surface area contributed by atoms with Crippen molar-refractivity contribution in [3.05, 3.63) is 64.7 Å². The molecule has 1 aliphatic heterocycles. The van der Waals surface area contributed by atoms with Crippen molar-refractivity contribution in [2.75, 3.05) is 11.4 Å². The summed E-state index contributed by atoms with van der Waals surface area (Å²) in [6, 6.07) is 14.9. The maximum absolute atomic E-state index is 10.3. The number of nitrogens with zero attached hydrogens (tertiary/aromatic N) is 1. The fraction of sp³-hybridized carbons (Fsp3) is 0.368. The molecule has 2 aromatic carbocycles. The van der Waals surface area contributed by atoms with Crippen molar-refractivity contribution in [1.82, 2.24) is 0 Å². The van der Waals surface area contributed by atoms with Gasteiger partial charge in [-0.3, -0.25) is 0 Å². The lowest BCUT2D eigenvalue weighted by atomic mass is 10.0. The Morgan fingerprint density at radius 3 is 2.71 bits per heavy atom. The van der Waals surface area contributed by atoms with Gasteiger partial charge in [0.25, 0.3) is 0 Å². The minimum atomic E-state index is -0.328. The van der Waals surface area contributed by atoms with Gasteiger partial charge in [-0.1, -0.05) is 36.4 Å². The first-order valence-electron chi connectivity index (χ1n) is 7.73. The van der Waals surface area contributed by atoms with Gasteiger partial charge in [0.1, 0.15) is 0 Å². The molecule has 3 rings (SSSR count). The summed E-state index contributed by atoms with van der Waals surface area (Å²) in [6.07, 6.45) is 1.55. The molecule has 0 bridgehead atoms. The molecule has 110 valence electrons. The van der Waals surface area contributed by atoms with Crippen LogP contribution in [0.5, 0.6) is 0 Å². The molecular weight excluding hydrogens is 258 g/mol. The molecule has 0 fully saturated rings. The van der Waals surface area contributed by atoms with E-state index < -0.39 is 0 Å². The Balaban J connectivity index is 1.91. The predicted molar refractivity (Wildman–Crippen MR) is 87.6 cm³/mol. The molecule has 1 heterocycles. The van der Waals surface area contributed by atoms with Crippen LogP contribution in [-0.4, -0.2) is 11.7 Å². The first kappa shape index (κ1) is 14.2. The lowest BCUT2D eigenvalue weighted by Crippen LogP contribution is -2.23. The van der Waals surface area contributed by atoms with Gasteiger partial charge >= 0.3 is 0 Å². The van der Waals surface area contributed by atoms with E-state index in [-0.39, 0.29) is 6.10 Å². The quantitative estimate of drug-likeness (QED) is 0.894. The molecular formula is C19H23NO. The molecule has 1 unspecified atom stereocenters. The molecule has 1 aliphatic rings. The molecule has 2 aromatic rings. The second-order valence-corrected chi connectivity index (χ2v) is 6.06. The zero-order valence-corrected chi connectivity index (χ0v) is 12.8. The summed E-state index contributed by atoms with van der Waals surface area (Å²) < 4.78 is 0. The summed E-state index contributed by atoms with van der Waals surface area (Å²) >= 11 is 0. The van der Waals surface area contributed by atoms with E-state index in [9.17, 15) is 5.11 Å². The van der Waals surface area contributed by atoms with Gasteiger partial charge < -0.3 is 10.0 Å². The summed E-state index contributed by atoms with van der Waals surface area (Å²) in [4.78, 5) is 2.40. The minimum Gasteiger partial charge on any atom is -0.388 e. The number of aliphatic hydroxyl groups excluding tert-OH is 1. The Hall–Kier alpha value is -1.80. The van der Waals surface area contributed by atoms with Crippen molar-refractivity contribution in [2.45, 2.75) is 39.3 Å². The third kappa shape index (κ3) is 2.96. The van der Waals surface area contributed by atoms with Crippen LogP contribution in [0.2, 0.25) is 0 Å². The predicted octanol–water partition coefficient (Wildman–Crippen LogP) is 4.14. The highest BCUT2D eigenvalue weighted by Crippen LogP contribution is 2.33. The molecule has 2 heteroatoms. The number of aliphatic hydroxyl groups is 1. The van der Waals surface area contributed by atoms with Crippen LogP contribution in [0.3, 0.4) is 0 Å². The Labute approximate surface area is 127 Å². The topological polar surface area (TPSA) is 23.5 Å². The molecule has 0 aromatic heterocycles. The van der Waals surface area contributed by atoms with Crippen LogP contribution in [0, 0.1) is 13.8 Å². The number of rotatable bonds is 2. The number of hydrogen-bond acceptors (Lipinski definition) is 2. The van der Waals surface area contributed by atoms with E-state index in [2.05, 4.69) is 55.1 Å². The summed E-state index contributed by atoms with van der Waals surface area (Å²) in [5.74, 6) is 0. The van der Waals surface area contributed by atoms with Crippen LogP contribution >= 0.6 is 0 Å². The van der Waals surface area contributed by atoms with Crippen LogP contribution in [0.1, 0.15) is 41.2 Å². The molecule has 2 nitrogen and oxygen atoms in total. The Kier molecular flexibility index (Phi) is 3.98. The minimum absolute atomic E-state index is 0.328. The summed E-state index contributed by atoms with van der Waals surface area (Å²) in [5, 5.41) is 10.3. The molecule has 1 N–H and O–H groups in total. The highest BCUT2D eigenvalue weighted by Gasteiger charge is 2.20. The normalized spacial score (nSPS) is 18.2. The number of para-hydroxylation sites is 1. The zero-order chi connectivity index (χ0) is 14.8. The number of anilines is 1. The van der Waals surface area contributed by atoms with Gasteiger partial charge in [-0.25, -0.2) is 0 Å². The average Bonchev–Trinajstić information content (AvgIpc) is 2.64. The van der Waals surface area contributed by atoms with Gasteiger partial charge in [0.15, 0.2) is 0 Å². The van der Waals surface area contributed by atoms with Crippen molar-refractivity contribution < 1.29 is 5.11 Å². The van der Waals surface area contributed by atoms with E-state index in [0.717, 1.165) is 31.5 Å². The fourth-order valence-corrected chi connectivity index (χ4v) is 3.10. The number of benzene rings is 2. The van der Waals surface area contributed by atoms with E-state index in [1.54, 1.807) is 0 Å². The van der Waals surface area contributed by atoms with Gasteiger partial charge in [-0.05, 0) is 49.4 Å². The zero-order valence-electron chi connectivity index (χ0n) is 12.8. The molecule has 1 atom stereocenters. The van der Waals surface area contributed by atoms with Crippen LogP contribution < -0.4 is 4.90 Å². The fourth-order valence-electron chi connectivity index (χ4n) is 3.10. The number of hydrogen-bond donors (Lipinski definition) is 1. The van der Waals surface area contributed by atoms with E-state index in [4.69, 9.17) is 0 Å². The van der Waals surface area contributed by atoms with Crippen molar-refractivity contribution in [3.63, 3.8) is 0 Å². The van der Waals surface area contributed by atoms with Crippen molar-refractivity contribution >= 4 is 5.69 Å². The van der Waals surface area contributed by atoms with E-state index in [1.807, 2.05) is 6.07 Å². The molecule has 0 saturated carbocycles. The van der Waals surface area contributed by atoms with Crippen molar-refractivity contribution in [2.24, 2.45) is 0 Å².